The number of hydrogen-bond acceptors (Lipinski definition) is 3. The van der Waals surface area contributed by atoms with Crippen molar-refractivity contribution in [3.8, 4) is 5.75 Å². The summed E-state index contributed by atoms with van der Waals surface area (Å²) in [6, 6.07) is 6.22. The van der Waals surface area contributed by atoms with Crippen molar-refractivity contribution in [2.24, 2.45) is 0 Å². The summed E-state index contributed by atoms with van der Waals surface area (Å²) >= 11 is 0. The first-order valence-electron chi connectivity index (χ1n) is 6.74. The molecule has 1 rings (SSSR count). The van der Waals surface area contributed by atoms with Crippen LogP contribution in [-0.4, -0.2) is 24.4 Å². The van der Waals surface area contributed by atoms with Gasteiger partial charge in [0.15, 0.2) is 0 Å². The second-order valence-corrected chi connectivity index (χ2v) is 4.77. The van der Waals surface area contributed by atoms with E-state index in [4.69, 9.17) is 4.74 Å². The summed E-state index contributed by atoms with van der Waals surface area (Å²) in [7, 11) is 0. The van der Waals surface area contributed by atoms with Crippen molar-refractivity contribution in [2.75, 3.05) is 13.2 Å². The zero-order valence-corrected chi connectivity index (χ0v) is 11.7. The van der Waals surface area contributed by atoms with Crippen LogP contribution in [0.15, 0.2) is 18.2 Å². The van der Waals surface area contributed by atoms with Crippen LogP contribution in [0.1, 0.15) is 37.8 Å². The van der Waals surface area contributed by atoms with Crippen molar-refractivity contribution in [2.45, 2.75) is 46.3 Å². The van der Waals surface area contributed by atoms with E-state index in [-0.39, 0.29) is 6.10 Å². The topological polar surface area (TPSA) is 41.5 Å². The van der Waals surface area contributed by atoms with E-state index in [0.29, 0.717) is 13.0 Å². The van der Waals surface area contributed by atoms with Crippen molar-refractivity contribution >= 4 is 0 Å². The van der Waals surface area contributed by atoms with Gasteiger partial charge in [-0.25, -0.2) is 0 Å². The molecule has 1 aromatic carbocycles. The van der Waals surface area contributed by atoms with Gasteiger partial charge in [0, 0.05) is 18.5 Å². The molecule has 0 heterocycles. The van der Waals surface area contributed by atoms with Gasteiger partial charge in [-0.05, 0) is 32.9 Å². The molecule has 0 fully saturated rings. The number of aryl methyl sites for hydroxylation is 1. The van der Waals surface area contributed by atoms with Crippen LogP contribution in [0, 0.1) is 6.92 Å². The summed E-state index contributed by atoms with van der Waals surface area (Å²) in [5.41, 5.74) is 2.43. The van der Waals surface area contributed by atoms with E-state index in [1.165, 1.54) is 11.1 Å². The zero-order valence-electron chi connectivity index (χ0n) is 11.7. The fourth-order valence-electron chi connectivity index (χ4n) is 1.73. The summed E-state index contributed by atoms with van der Waals surface area (Å²) in [5.74, 6) is 0.921. The Balaban J connectivity index is 2.58. The van der Waals surface area contributed by atoms with Gasteiger partial charge in [0.25, 0.3) is 0 Å². The molecular formula is C15H25NO2. The molecule has 0 spiro atoms. The number of rotatable bonds is 8. The first-order chi connectivity index (χ1) is 8.63. The third kappa shape index (κ3) is 5.52. The molecule has 2 N–H and O–H groups in total. The first kappa shape index (κ1) is 15.0. The zero-order chi connectivity index (χ0) is 13.4. The van der Waals surface area contributed by atoms with Crippen molar-refractivity contribution in [1.29, 1.82) is 0 Å². The van der Waals surface area contributed by atoms with Crippen LogP contribution in [-0.2, 0) is 6.54 Å². The van der Waals surface area contributed by atoms with Crippen molar-refractivity contribution in [3.63, 3.8) is 0 Å². The Morgan fingerprint density at radius 2 is 2.17 bits per heavy atom. The maximum atomic E-state index is 9.22. The summed E-state index contributed by atoms with van der Waals surface area (Å²) in [6.07, 6.45) is 1.48. The van der Waals surface area contributed by atoms with E-state index in [2.05, 4.69) is 31.3 Å². The molecule has 0 saturated heterocycles. The molecule has 1 aromatic rings. The van der Waals surface area contributed by atoms with E-state index in [1.54, 1.807) is 6.92 Å². The van der Waals surface area contributed by atoms with Gasteiger partial charge in [-0.15, -0.1) is 0 Å². The molecule has 0 aliphatic carbocycles. The van der Waals surface area contributed by atoms with Crippen molar-refractivity contribution in [3.05, 3.63) is 29.3 Å². The molecule has 1 atom stereocenters. The van der Waals surface area contributed by atoms with E-state index in [9.17, 15) is 5.11 Å². The minimum Gasteiger partial charge on any atom is -0.493 e. The van der Waals surface area contributed by atoms with Gasteiger partial charge in [-0.2, -0.15) is 0 Å². The maximum Gasteiger partial charge on any atom is 0.123 e. The average molecular weight is 251 g/mol. The first-order valence-corrected chi connectivity index (χ1v) is 6.74. The Bertz CT molecular complexity index is 350. The lowest BCUT2D eigenvalue weighted by Crippen LogP contribution is -2.15. The molecular weight excluding hydrogens is 226 g/mol. The van der Waals surface area contributed by atoms with Gasteiger partial charge >= 0.3 is 0 Å². The molecule has 102 valence electrons. The number of ether oxygens (including phenoxy) is 1. The predicted octanol–water partition coefficient (Wildman–Crippen LogP) is 2.64. The van der Waals surface area contributed by atoms with Crippen LogP contribution in [0.5, 0.6) is 5.75 Å². The minimum absolute atomic E-state index is 0.308. The molecule has 3 heteroatoms. The lowest BCUT2D eigenvalue weighted by molar-refractivity contribution is 0.155. The fraction of sp³-hybridized carbons (Fsp3) is 0.600. The molecule has 0 saturated carbocycles. The normalized spacial score (nSPS) is 12.4. The molecule has 0 bridgehead atoms. The summed E-state index contributed by atoms with van der Waals surface area (Å²) < 4.78 is 5.73. The Labute approximate surface area is 110 Å². The highest BCUT2D eigenvalue weighted by atomic mass is 16.5. The summed E-state index contributed by atoms with van der Waals surface area (Å²) in [6.45, 7) is 8.43. The quantitative estimate of drug-likeness (QED) is 0.698. The second-order valence-electron chi connectivity index (χ2n) is 4.77. The third-order valence-corrected chi connectivity index (χ3v) is 2.75. The lowest BCUT2D eigenvalue weighted by atomic mass is 10.1. The van der Waals surface area contributed by atoms with Crippen LogP contribution >= 0.6 is 0 Å². The van der Waals surface area contributed by atoms with Crippen LogP contribution < -0.4 is 10.1 Å². The van der Waals surface area contributed by atoms with E-state index < -0.39 is 0 Å². The molecule has 3 nitrogen and oxygen atoms in total. The lowest BCUT2D eigenvalue weighted by Gasteiger charge is -2.13. The Kier molecular flexibility index (Phi) is 6.76. The van der Waals surface area contributed by atoms with Crippen molar-refractivity contribution < 1.29 is 9.84 Å². The maximum absolute atomic E-state index is 9.22. The second kappa shape index (κ2) is 8.11. The van der Waals surface area contributed by atoms with Gasteiger partial charge in [0.1, 0.15) is 5.75 Å². The van der Waals surface area contributed by atoms with Crippen LogP contribution in [0.4, 0.5) is 0 Å². The summed E-state index contributed by atoms with van der Waals surface area (Å²) in [4.78, 5) is 0. The van der Waals surface area contributed by atoms with Crippen LogP contribution in [0.25, 0.3) is 0 Å². The molecule has 0 radical (unpaired) electrons. The average Bonchev–Trinajstić information content (AvgIpc) is 2.32. The number of benzene rings is 1. The predicted molar refractivity (Wildman–Crippen MR) is 75.0 cm³/mol. The van der Waals surface area contributed by atoms with Gasteiger partial charge in [-0.1, -0.05) is 24.6 Å². The third-order valence-electron chi connectivity index (χ3n) is 2.75. The van der Waals surface area contributed by atoms with Gasteiger partial charge in [0.05, 0.1) is 12.7 Å². The van der Waals surface area contributed by atoms with Crippen LogP contribution in [0.3, 0.4) is 0 Å². The SMILES string of the molecule is CCCNCc1cc(C)ccc1OCCC(C)O. The van der Waals surface area contributed by atoms with E-state index in [1.807, 2.05) is 6.07 Å². The number of aliphatic hydroxyl groups excluding tert-OH is 1. The standard InChI is InChI=1S/C15H25NO2/c1-4-8-16-11-14-10-12(2)5-6-15(14)18-9-7-13(3)17/h5-6,10,13,16-17H,4,7-9,11H2,1-3H3. The minimum atomic E-state index is -0.308. The Hall–Kier alpha value is -1.06. The van der Waals surface area contributed by atoms with E-state index >= 15 is 0 Å². The largest absolute Gasteiger partial charge is 0.493 e. The molecule has 0 aromatic heterocycles. The Morgan fingerprint density at radius 1 is 1.39 bits per heavy atom. The molecule has 0 aliphatic heterocycles. The monoisotopic (exact) mass is 251 g/mol. The molecule has 1 unspecified atom stereocenters. The molecule has 18 heavy (non-hydrogen) atoms. The highest BCUT2D eigenvalue weighted by molar-refractivity contribution is 5.36. The molecule has 0 aliphatic rings. The number of nitrogens with one attached hydrogen (secondary N) is 1. The Morgan fingerprint density at radius 3 is 2.83 bits per heavy atom. The smallest absolute Gasteiger partial charge is 0.123 e. The van der Waals surface area contributed by atoms with Gasteiger partial charge < -0.3 is 15.2 Å². The number of hydrogen-bond donors (Lipinski definition) is 2. The van der Waals surface area contributed by atoms with Crippen LogP contribution in [0.2, 0.25) is 0 Å². The van der Waals surface area contributed by atoms with Gasteiger partial charge in [-0.3, -0.25) is 0 Å². The van der Waals surface area contributed by atoms with Crippen molar-refractivity contribution in [1.82, 2.24) is 5.32 Å². The number of aliphatic hydroxyl groups is 1. The van der Waals surface area contributed by atoms with E-state index in [0.717, 1.165) is 25.3 Å². The highest BCUT2D eigenvalue weighted by Gasteiger charge is 2.04. The highest BCUT2D eigenvalue weighted by Crippen LogP contribution is 2.20. The fourth-order valence-corrected chi connectivity index (χ4v) is 1.73. The van der Waals surface area contributed by atoms with Gasteiger partial charge in [0.2, 0.25) is 0 Å². The summed E-state index contributed by atoms with van der Waals surface area (Å²) in [5, 5.41) is 12.6. The molecule has 0 amide bonds.